The number of benzene rings is 1. The molecule has 0 spiro atoms. The van der Waals surface area contributed by atoms with Crippen LogP contribution in [-0.4, -0.2) is 5.91 Å². The average Bonchev–Trinajstić information content (AvgIpc) is 3.09. The minimum absolute atomic E-state index is 0.0468. The minimum atomic E-state index is -4.39. The molecule has 0 bridgehead atoms. The maximum Gasteiger partial charge on any atom is 0.416 e. The van der Waals surface area contributed by atoms with Crippen molar-refractivity contribution in [3.8, 4) is 0 Å². The van der Waals surface area contributed by atoms with Crippen molar-refractivity contribution < 1.29 is 18.0 Å². The highest BCUT2D eigenvalue weighted by molar-refractivity contribution is 5.95. The summed E-state index contributed by atoms with van der Waals surface area (Å²) in [5, 5.41) is 2.65. The molecule has 1 aromatic rings. The quantitative estimate of drug-likeness (QED) is 0.793. The van der Waals surface area contributed by atoms with Gasteiger partial charge in [-0.3, -0.25) is 4.79 Å². The normalized spacial score (nSPS) is 27.5. The standard InChI is InChI=1S/C17H18F3NO/c18-17(19,20)11-6-5-7-12(10-11)21-16(22)15-13-8-3-1-2-4-9-14(13)15/h1-2,5-7,10,13-15H,3-4,8-9H2,(H,21,22)/t13-,14-/m1/s1. The van der Waals surface area contributed by atoms with Crippen molar-refractivity contribution in [3.05, 3.63) is 42.0 Å². The highest BCUT2D eigenvalue weighted by atomic mass is 19.4. The van der Waals surface area contributed by atoms with Crippen molar-refractivity contribution in [2.45, 2.75) is 31.9 Å². The summed E-state index contributed by atoms with van der Waals surface area (Å²) in [6, 6.07) is 4.81. The van der Waals surface area contributed by atoms with Crippen LogP contribution in [0.3, 0.4) is 0 Å². The highest BCUT2D eigenvalue weighted by Gasteiger charge is 2.53. The van der Waals surface area contributed by atoms with Gasteiger partial charge in [0, 0.05) is 11.6 Å². The van der Waals surface area contributed by atoms with Crippen molar-refractivity contribution in [1.29, 1.82) is 0 Å². The molecule has 22 heavy (non-hydrogen) atoms. The van der Waals surface area contributed by atoms with E-state index < -0.39 is 11.7 Å². The molecule has 2 aliphatic carbocycles. The Balaban J connectivity index is 1.66. The lowest BCUT2D eigenvalue weighted by molar-refractivity contribution is -0.137. The van der Waals surface area contributed by atoms with Crippen molar-refractivity contribution in [2.75, 3.05) is 5.32 Å². The zero-order chi connectivity index (χ0) is 15.7. The molecule has 2 atom stereocenters. The molecule has 5 heteroatoms. The fourth-order valence-electron chi connectivity index (χ4n) is 3.43. The molecule has 118 valence electrons. The molecule has 3 rings (SSSR count). The van der Waals surface area contributed by atoms with Crippen molar-refractivity contribution in [2.24, 2.45) is 17.8 Å². The number of allylic oxidation sites excluding steroid dienone is 2. The third-order valence-corrected chi connectivity index (χ3v) is 4.59. The predicted molar refractivity (Wildman–Crippen MR) is 78.2 cm³/mol. The van der Waals surface area contributed by atoms with Crippen LogP contribution in [0, 0.1) is 17.8 Å². The molecule has 1 saturated carbocycles. The fourth-order valence-corrected chi connectivity index (χ4v) is 3.43. The SMILES string of the molecule is O=C(Nc1cccc(C(F)(F)F)c1)C1[C@@H]2CCC=CCC[C@@H]12. The first kappa shape index (κ1) is 15.1. The van der Waals surface area contributed by atoms with Gasteiger partial charge in [-0.25, -0.2) is 0 Å². The van der Waals surface area contributed by atoms with Gasteiger partial charge in [0.2, 0.25) is 5.91 Å². The topological polar surface area (TPSA) is 29.1 Å². The number of carbonyl (C=O) groups is 1. The predicted octanol–water partition coefficient (Wildman–Crippen LogP) is 4.64. The van der Waals surface area contributed by atoms with Gasteiger partial charge in [0.1, 0.15) is 0 Å². The Labute approximate surface area is 127 Å². The molecular weight excluding hydrogens is 291 g/mol. The van der Waals surface area contributed by atoms with E-state index in [0.29, 0.717) is 11.8 Å². The number of fused-ring (bicyclic) bond motifs is 1. The summed E-state index contributed by atoms with van der Waals surface area (Å²) in [5.41, 5.74) is -0.520. The highest BCUT2D eigenvalue weighted by Crippen LogP contribution is 2.53. The largest absolute Gasteiger partial charge is 0.416 e. The summed E-state index contributed by atoms with van der Waals surface area (Å²) in [5.74, 6) is 0.581. The van der Waals surface area contributed by atoms with Gasteiger partial charge in [0.15, 0.2) is 0 Å². The van der Waals surface area contributed by atoms with Gasteiger partial charge < -0.3 is 5.32 Å². The van der Waals surface area contributed by atoms with E-state index in [2.05, 4.69) is 17.5 Å². The monoisotopic (exact) mass is 309 g/mol. The van der Waals surface area contributed by atoms with Gasteiger partial charge in [-0.2, -0.15) is 13.2 Å². The molecule has 0 heterocycles. The Morgan fingerprint density at radius 3 is 2.32 bits per heavy atom. The summed E-state index contributed by atoms with van der Waals surface area (Å²) in [6.45, 7) is 0. The fraction of sp³-hybridized carbons (Fsp3) is 0.471. The Bertz CT molecular complexity index is 578. The summed E-state index contributed by atoms with van der Waals surface area (Å²) < 4.78 is 38.1. The van der Waals surface area contributed by atoms with Gasteiger partial charge in [-0.05, 0) is 55.7 Å². The van der Waals surface area contributed by atoms with Gasteiger partial charge >= 0.3 is 6.18 Å². The van der Waals surface area contributed by atoms with Gasteiger partial charge in [0.25, 0.3) is 0 Å². The summed E-state index contributed by atoms with van der Waals surface area (Å²) in [6.07, 6.45) is 3.84. The van der Waals surface area contributed by atoms with Crippen LogP contribution in [0.4, 0.5) is 18.9 Å². The molecule has 0 radical (unpaired) electrons. The molecule has 0 saturated heterocycles. The van der Waals surface area contributed by atoms with Crippen molar-refractivity contribution >= 4 is 11.6 Å². The summed E-state index contributed by atoms with van der Waals surface area (Å²) in [7, 11) is 0. The second-order valence-corrected chi connectivity index (χ2v) is 6.05. The molecule has 1 fully saturated rings. The smallest absolute Gasteiger partial charge is 0.326 e. The lowest BCUT2D eigenvalue weighted by Crippen LogP contribution is -2.16. The van der Waals surface area contributed by atoms with Crippen LogP contribution in [0.1, 0.15) is 31.2 Å². The summed E-state index contributed by atoms with van der Waals surface area (Å²) >= 11 is 0. The Morgan fingerprint density at radius 2 is 1.73 bits per heavy atom. The second-order valence-electron chi connectivity index (χ2n) is 6.05. The van der Waals surface area contributed by atoms with Crippen molar-refractivity contribution in [1.82, 2.24) is 0 Å². The van der Waals surface area contributed by atoms with Crippen LogP contribution in [-0.2, 0) is 11.0 Å². The average molecular weight is 309 g/mol. The Morgan fingerprint density at radius 1 is 1.09 bits per heavy atom. The van der Waals surface area contributed by atoms with E-state index in [1.54, 1.807) is 0 Å². The number of hydrogen-bond donors (Lipinski definition) is 1. The van der Waals surface area contributed by atoms with Crippen LogP contribution in [0.15, 0.2) is 36.4 Å². The zero-order valence-electron chi connectivity index (χ0n) is 12.1. The van der Waals surface area contributed by atoms with E-state index in [1.165, 1.54) is 12.1 Å². The van der Waals surface area contributed by atoms with Crippen molar-refractivity contribution in [3.63, 3.8) is 0 Å². The van der Waals surface area contributed by atoms with Crippen LogP contribution < -0.4 is 5.32 Å². The number of halogens is 3. The molecule has 0 aromatic heterocycles. The first-order valence-electron chi connectivity index (χ1n) is 7.60. The Hall–Kier alpha value is -1.78. The van der Waals surface area contributed by atoms with E-state index in [-0.39, 0.29) is 17.5 Å². The molecule has 0 aliphatic heterocycles. The Kier molecular flexibility index (Phi) is 3.98. The number of rotatable bonds is 2. The third kappa shape index (κ3) is 3.18. The van der Waals surface area contributed by atoms with E-state index in [1.807, 2.05) is 0 Å². The first-order valence-corrected chi connectivity index (χ1v) is 7.60. The van der Waals surface area contributed by atoms with E-state index in [0.717, 1.165) is 37.8 Å². The first-order chi connectivity index (χ1) is 10.5. The number of alkyl halides is 3. The van der Waals surface area contributed by atoms with Crippen LogP contribution in [0.5, 0.6) is 0 Å². The van der Waals surface area contributed by atoms with Gasteiger partial charge in [-0.1, -0.05) is 18.2 Å². The molecule has 2 nitrogen and oxygen atoms in total. The van der Waals surface area contributed by atoms with Crippen LogP contribution >= 0.6 is 0 Å². The maximum atomic E-state index is 12.7. The summed E-state index contributed by atoms with van der Waals surface area (Å²) in [4.78, 5) is 12.3. The molecular formula is C17H18F3NO. The maximum absolute atomic E-state index is 12.7. The number of amides is 1. The molecule has 1 amide bonds. The van der Waals surface area contributed by atoms with E-state index >= 15 is 0 Å². The van der Waals surface area contributed by atoms with Crippen LogP contribution in [0.25, 0.3) is 0 Å². The molecule has 1 N–H and O–H groups in total. The van der Waals surface area contributed by atoms with Gasteiger partial charge in [-0.15, -0.1) is 0 Å². The lowest BCUT2D eigenvalue weighted by atomic mass is 10.1. The molecule has 0 unspecified atom stereocenters. The second kappa shape index (κ2) is 5.78. The lowest BCUT2D eigenvalue weighted by Gasteiger charge is -2.10. The van der Waals surface area contributed by atoms with E-state index in [9.17, 15) is 18.0 Å². The van der Waals surface area contributed by atoms with E-state index in [4.69, 9.17) is 0 Å². The van der Waals surface area contributed by atoms with Crippen LogP contribution in [0.2, 0.25) is 0 Å². The molecule has 2 aliphatic rings. The number of nitrogens with one attached hydrogen (secondary N) is 1. The molecule has 1 aromatic carbocycles. The van der Waals surface area contributed by atoms with Gasteiger partial charge in [0.05, 0.1) is 5.56 Å². The minimum Gasteiger partial charge on any atom is -0.326 e. The zero-order valence-corrected chi connectivity index (χ0v) is 12.1. The number of carbonyl (C=O) groups excluding carboxylic acids is 1. The third-order valence-electron chi connectivity index (χ3n) is 4.59. The number of hydrogen-bond acceptors (Lipinski definition) is 1. The number of anilines is 1.